The molecule has 1 spiro atoms. The van der Waals surface area contributed by atoms with E-state index >= 15 is 0 Å². The van der Waals surface area contributed by atoms with E-state index in [0.29, 0.717) is 12.3 Å². The van der Waals surface area contributed by atoms with E-state index in [2.05, 4.69) is 18.8 Å². The predicted molar refractivity (Wildman–Crippen MR) is 98.1 cm³/mol. The summed E-state index contributed by atoms with van der Waals surface area (Å²) >= 11 is 1.84. The Bertz CT molecular complexity index is 739. The van der Waals surface area contributed by atoms with Gasteiger partial charge in [0.25, 0.3) is 5.88 Å². The van der Waals surface area contributed by atoms with Crippen LogP contribution in [0.3, 0.4) is 0 Å². The molecule has 29 heavy (non-hydrogen) atoms. The van der Waals surface area contributed by atoms with Crippen LogP contribution < -0.4 is 4.74 Å². The third-order valence-electron chi connectivity index (χ3n) is 4.31. The molecule has 0 radical (unpaired) electrons. The van der Waals surface area contributed by atoms with Crippen LogP contribution >= 0.6 is 11.8 Å². The summed E-state index contributed by atoms with van der Waals surface area (Å²) in [7, 11) is 0. The minimum absolute atomic E-state index is 0.0308. The molecule has 11 heteroatoms. The fourth-order valence-corrected chi connectivity index (χ4v) is 4.54. The number of halogens is 4. The Kier molecular flexibility index (Phi) is 7.36. The zero-order valence-corrected chi connectivity index (χ0v) is 16.7. The summed E-state index contributed by atoms with van der Waals surface area (Å²) in [6, 6.07) is 2.91. The van der Waals surface area contributed by atoms with Crippen molar-refractivity contribution in [1.82, 2.24) is 9.88 Å². The minimum Gasteiger partial charge on any atom is -0.475 e. The van der Waals surface area contributed by atoms with Crippen molar-refractivity contribution in [3.05, 3.63) is 24.1 Å². The van der Waals surface area contributed by atoms with Crippen LogP contribution in [0, 0.1) is 11.7 Å². The van der Waals surface area contributed by atoms with Gasteiger partial charge in [-0.25, -0.2) is 14.2 Å². The van der Waals surface area contributed by atoms with Gasteiger partial charge in [-0.05, 0) is 18.1 Å². The van der Waals surface area contributed by atoms with Crippen LogP contribution in [-0.4, -0.2) is 62.7 Å². The van der Waals surface area contributed by atoms with E-state index < -0.39 is 18.0 Å². The molecule has 0 aromatic carbocycles. The molecule has 1 N–H and O–H groups in total. The molecule has 1 atom stereocenters. The van der Waals surface area contributed by atoms with Crippen LogP contribution in [0.1, 0.15) is 26.7 Å². The summed E-state index contributed by atoms with van der Waals surface area (Å²) in [5.74, 6) is -1.65. The van der Waals surface area contributed by atoms with Crippen molar-refractivity contribution in [2.24, 2.45) is 5.92 Å². The highest BCUT2D eigenvalue weighted by molar-refractivity contribution is 8.01. The topological polar surface area (TPSA) is 79.7 Å². The number of pyridine rings is 1. The number of carboxylic acid groups (broad SMARTS) is 1. The van der Waals surface area contributed by atoms with Crippen LogP contribution in [-0.2, 0) is 9.59 Å². The summed E-state index contributed by atoms with van der Waals surface area (Å²) in [6.45, 7) is 5.69. The number of carbonyl (C=O) groups excluding carboxylic acids is 1. The normalized spacial score (nSPS) is 20.1. The first kappa shape index (κ1) is 23.2. The lowest BCUT2D eigenvalue weighted by atomic mass is 9.92. The number of aromatic nitrogens is 1. The second kappa shape index (κ2) is 9.19. The first-order valence-electron chi connectivity index (χ1n) is 8.91. The monoisotopic (exact) mass is 438 g/mol. The van der Waals surface area contributed by atoms with Gasteiger partial charge in [-0.15, -0.1) is 11.8 Å². The molecular weight excluding hydrogens is 416 g/mol. The number of alkyl halides is 3. The van der Waals surface area contributed by atoms with Crippen LogP contribution in [0.2, 0.25) is 0 Å². The second-order valence-electron chi connectivity index (χ2n) is 7.38. The maximum Gasteiger partial charge on any atom is 0.490 e. The third kappa shape index (κ3) is 6.48. The van der Waals surface area contributed by atoms with Gasteiger partial charge in [0.2, 0.25) is 5.91 Å². The number of carbonyl (C=O) groups is 2. The van der Waals surface area contributed by atoms with Crippen LogP contribution in [0.15, 0.2) is 18.3 Å². The zero-order valence-electron chi connectivity index (χ0n) is 15.9. The van der Waals surface area contributed by atoms with E-state index in [1.165, 1.54) is 12.3 Å². The number of thioether (sulfide) groups is 1. The molecule has 2 aliphatic rings. The SMILES string of the molecule is CC(C)CC(=O)N1CC2(CC(Oc3ncccc3F)CS2)C1.O=C(O)C(F)(F)F. The fourth-order valence-electron chi connectivity index (χ4n) is 3.02. The van der Waals surface area contributed by atoms with Crippen molar-refractivity contribution in [2.45, 2.75) is 43.7 Å². The smallest absolute Gasteiger partial charge is 0.475 e. The van der Waals surface area contributed by atoms with Crippen molar-refractivity contribution in [3.8, 4) is 5.88 Å². The molecular formula is C18H22F4N2O4S. The Morgan fingerprint density at radius 2 is 2.03 bits per heavy atom. The van der Waals surface area contributed by atoms with Crippen molar-refractivity contribution < 1.29 is 37.0 Å². The van der Waals surface area contributed by atoms with Crippen LogP contribution in [0.4, 0.5) is 17.6 Å². The van der Waals surface area contributed by atoms with E-state index in [4.69, 9.17) is 14.6 Å². The van der Waals surface area contributed by atoms with Gasteiger partial charge in [0.1, 0.15) is 6.10 Å². The molecule has 2 saturated heterocycles. The molecule has 2 fully saturated rings. The number of carboxylic acids is 1. The molecule has 0 saturated carbocycles. The Balaban J connectivity index is 0.000000370. The highest BCUT2D eigenvalue weighted by atomic mass is 32.2. The highest BCUT2D eigenvalue weighted by Crippen LogP contribution is 2.46. The Labute approximate surface area is 169 Å². The maximum atomic E-state index is 13.6. The summed E-state index contributed by atoms with van der Waals surface area (Å²) in [5.41, 5.74) is 0. The van der Waals surface area contributed by atoms with Gasteiger partial charge in [0.15, 0.2) is 5.82 Å². The molecule has 3 rings (SSSR count). The maximum absolute atomic E-state index is 13.6. The molecule has 3 heterocycles. The summed E-state index contributed by atoms with van der Waals surface area (Å²) in [4.78, 5) is 26.8. The van der Waals surface area contributed by atoms with Gasteiger partial charge in [0.05, 0.1) is 4.75 Å². The number of likely N-dealkylation sites (tertiary alicyclic amines) is 1. The Hall–Kier alpha value is -2.04. The van der Waals surface area contributed by atoms with Gasteiger partial charge >= 0.3 is 12.1 Å². The first-order valence-corrected chi connectivity index (χ1v) is 9.89. The standard InChI is InChI=1S/C16H21FN2O2S.C2HF3O2/c1-11(2)6-14(20)19-9-16(10-19)7-12(8-22-16)21-15-13(17)4-3-5-18-15;3-2(4,5)1(6)7/h3-5,11-12H,6-10H2,1-2H3;(H,6,7). The van der Waals surface area contributed by atoms with E-state index in [-0.39, 0.29) is 22.6 Å². The van der Waals surface area contributed by atoms with Crippen molar-refractivity contribution in [2.75, 3.05) is 18.8 Å². The van der Waals surface area contributed by atoms with Crippen molar-refractivity contribution >= 4 is 23.6 Å². The lowest BCUT2D eigenvalue weighted by molar-refractivity contribution is -0.192. The molecule has 0 bridgehead atoms. The molecule has 0 aliphatic carbocycles. The minimum atomic E-state index is -5.08. The van der Waals surface area contributed by atoms with Gasteiger partial charge in [0, 0.05) is 37.9 Å². The Morgan fingerprint density at radius 1 is 1.41 bits per heavy atom. The predicted octanol–water partition coefficient (Wildman–Crippen LogP) is 3.37. The van der Waals surface area contributed by atoms with Crippen LogP contribution in [0.25, 0.3) is 0 Å². The number of nitrogens with zero attached hydrogens (tertiary/aromatic N) is 2. The average molecular weight is 438 g/mol. The van der Waals surface area contributed by atoms with Gasteiger partial charge in [-0.3, -0.25) is 4.79 Å². The van der Waals surface area contributed by atoms with E-state index in [9.17, 15) is 22.4 Å². The number of ether oxygens (including phenoxy) is 1. The fraction of sp³-hybridized carbons (Fsp3) is 0.611. The molecule has 1 aromatic rings. The largest absolute Gasteiger partial charge is 0.490 e. The Morgan fingerprint density at radius 3 is 2.55 bits per heavy atom. The van der Waals surface area contributed by atoms with Crippen molar-refractivity contribution in [1.29, 1.82) is 0 Å². The average Bonchev–Trinajstić information content (AvgIpc) is 2.99. The number of rotatable bonds is 4. The summed E-state index contributed by atoms with van der Waals surface area (Å²) < 4.78 is 51.1. The molecule has 1 amide bonds. The zero-order chi connectivity index (χ0) is 21.8. The molecule has 1 unspecified atom stereocenters. The number of amides is 1. The van der Waals surface area contributed by atoms with E-state index in [1.54, 1.807) is 6.07 Å². The van der Waals surface area contributed by atoms with Crippen LogP contribution in [0.5, 0.6) is 5.88 Å². The summed E-state index contributed by atoms with van der Waals surface area (Å²) in [5, 5.41) is 7.12. The molecule has 1 aromatic heterocycles. The quantitative estimate of drug-likeness (QED) is 0.727. The number of hydrogen-bond acceptors (Lipinski definition) is 5. The number of aliphatic carboxylic acids is 1. The number of hydrogen-bond donors (Lipinski definition) is 1. The summed E-state index contributed by atoms with van der Waals surface area (Å²) in [6.07, 6.45) is -2.12. The van der Waals surface area contributed by atoms with Gasteiger partial charge < -0.3 is 14.7 Å². The van der Waals surface area contributed by atoms with Gasteiger partial charge in [-0.1, -0.05) is 13.8 Å². The molecule has 6 nitrogen and oxygen atoms in total. The molecule has 162 valence electrons. The lowest BCUT2D eigenvalue weighted by Gasteiger charge is -2.47. The third-order valence-corrected chi connectivity index (χ3v) is 5.89. The first-order chi connectivity index (χ1) is 13.4. The highest BCUT2D eigenvalue weighted by Gasteiger charge is 2.51. The van der Waals surface area contributed by atoms with E-state index in [1.807, 2.05) is 16.7 Å². The van der Waals surface area contributed by atoms with Crippen molar-refractivity contribution in [3.63, 3.8) is 0 Å². The lowest BCUT2D eigenvalue weighted by Crippen LogP contribution is -2.61. The van der Waals surface area contributed by atoms with E-state index in [0.717, 1.165) is 25.3 Å². The second-order valence-corrected chi connectivity index (χ2v) is 8.87. The van der Waals surface area contributed by atoms with Gasteiger partial charge in [-0.2, -0.15) is 13.2 Å². The molecule has 2 aliphatic heterocycles.